The summed E-state index contributed by atoms with van der Waals surface area (Å²) in [5.74, 6) is 0.643. The fraction of sp³-hybridized carbons (Fsp3) is 0.583. The number of likely N-dealkylation sites (tertiary alicyclic amines) is 1. The number of nitrogens with zero attached hydrogens (tertiary/aromatic N) is 1. The first-order valence-corrected chi connectivity index (χ1v) is 6.54. The number of hydrogen-bond donors (Lipinski definition) is 1. The van der Waals surface area contributed by atoms with Gasteiger partial charge in [-0.25, -0.2) is 0 Å². The van der Waals surface area contributed by atoms with Crippen LogP contribution in [0.3, 0.4) is 0 Å². The van der Waals surface area contributed by atoms with Gasteiger partial charge in [0.25, 0.3) is 5.91 Å². The summed E-state index contributed by atoms with van der Waals surface area (Å²) < 4.78 is 5.15. The van der Waals surface area contributed by atoms with E-state index in [0.29, 0.717) is 36.6 Å². The molecule has 94 valence electrons. The molecule has 0 saturated carbocycles. The number of carbonyl (C=O) groups is 1. The van der Waals surface area contributed by atoms with Crippen LogP contribution in [0.4, 0.5) is 0 Å². The van der Waals surface area contributed by atoms with Gasteiger partial charge in [0, 0.05) is 13.1 Å². The highest BCUT2D eigenvalue weighted by Gasteiger charge is 2.31. The van der Waals surface area contributed by atoms with Gasteiger partial charge in [-0.15, -0.1) is 11.3 Å². The zero-order chi connectivity index (χ0) is 12.5. The Morgan fingerprint density at radius 2 is 2.18 bits per heavy atom. The number of methoxy groups -OCH3 is 1. The lowest BCUT2D eigenvalue weighted by Crippen LogP contribution is -2.45. The van der Waals surface area contributed by atoms with Crippen LogP contribution in [0.5, 0.6) is 5.75 Å². The highest BCUT2D eigenvalue weighted by Crippen LogP contribution is 2.28. The lowest BCUT2D eigenvalue weighted by atomic mass is 9.94. The highest BCUT2D eigenvalue weighted by molar-refractivity contribution is 7.12. The molecule has 0 aromatic carbocycles. The second kappa shape index (κ2) is 4.66. The molecule has 1 saturated heterocycles. The maximum Gasteiger partial charge on any atom is 0.267 e. The smallest absolute Gasteiger partial charge is 0.267 e. The van der Waals surface area contributed by atoms with Crippen molar-refractivity contribution >= 4 is 17.2 Å². The fourth-order valence-electron chi connectivity index (χ4n) is 1.95. The Bertz CT molecular complexity index is 404. The van der Waals surface area contributed by atoms with Crippen molar-refractivity contribution in [3.05, 3.63) is 16.3 Å². The third-order valence-corrected chi connectivity index (χ3v) is 4.05. The van der Waals surface area contributed by atoms with Crippen LogP contribution in [0.25, 0.3) is 0 Å². The number of hydrogen-bond acceptors (Lipinski definition) is 4. The van der Waals surface area contributed by atoms with Gasteiger partial charge in [-0.05, 0) is 31.2 Å². The summed E-state index contributed by atoms with van der Waals surface area (Å²) in [5.41, 5.74) is -0.629. The number of piperidine rings is 1. The quantitative estimate of drug-likeness (QED) is 0.875. The zero-order valence-corrected chi connectivity index (χ0v) is 10.9. The minimum Gasteiger partial charge on any atom is -0.495 e. The molecular weight excluding hydrogens is 238 g/mol. The predicted octanol–water partition coefficient (Wildman–Crippen LogP) is 1.74. The normalized spacial score (nSPS) is 19.1. The Hall–Kier alpha value is -1.07. The molecule has 17 heavy (non-hydrogen) atoms. The molecule has 1 aliphatic heterocycles. The van der Waals surface area contributed by atoms with E-state index in [1.54, 1.807) is 18.1 Å². The standard InChI is InChI=1S/C12H17NO3S/c1-12(15)4-6-13(7-5-12)11(14)10-9(16-2)3-8-17-10/h3,8,15H,4-7H2,1-2H3. The molecule has 0 spiro atoms. The van der Waals surface area contributed by atoms with Crippen LogP contribution >= 0.6 is 11.3 Å². The van der Waals surface area contributed by atoms with Crippen molar-refractivity contribution in [2.45, 2.75) is 25.4 Å². The van der Waals surface area contributed by atoms with Crippen LogP contribution in [0.1, 0.15) is 29.4 Å². The van der Waals surface area contributed by atoms with E-state index < -0.39 is 5.60 Å². The molecule has 1 fully saturated rings. The molecule has 1 aromatic heterocycles. The van der Waals surface area contributed by atoms with E-state index in [1.807, 2.05) is 12.3 Å². The summed E-state index contributed by atoms with van der Waals surface area (Å²) in [5, 5.41) is 11.7. The number of ether oxygens (including phenoxy) is 1. The number of amides is 1. The Labute approximate surface area is 105 Å². The third kappa shape index (κ3) is 2.61. The Morgan fingerprint density at radius 1 is 1.53 bits per heavy atom. The van der Waals surface area contributed by atoms with Crippen molar-refractivity contribution in [3.8, 4) is 5.75 Å². The second-order valence-corrected chi connectivity index (χ2v) is 5.52. The van der Waals surface area contributed by atoms with Gasteiger partial charge in [0.2, 0.25) is 0 Å². The summed E-state index contributed by atoms with van der Waals surface area (Å²) in [4.78, 5) is 14.7. The van der Waals surface area contributed by atoms with Crippen molar-refractivity contribution in [2.24, 2.45) is 0 Å². The van der Waals surface area contributed by atoms with E-state index in [2.05, 4.69) is 0 Å². The molecule has 0 unspecified atom stereocenters. The van der Waals surface area contributed by atoms with Crippen molar-refractivity contribution in [2.75, 3.05) is 20.2 Å². The van der Waals surface area contributed by atoms with Crippen LogP contribution < -0.4 is 4.74 Å². The van der Waals surface area contributed by atoms with Gasteiger partial charge < -0.3 is 14.7 Å². The van der Waals surface area contributed by atoms with Gasteiger partial charge in [-0.2, -0.15) is 0 Å². The zero-order valence-electron chi connectivity index (χ0n) is 10.1. The van der Waals surface area contributed by atoms with Crippen molar-refractivity contribution in [3.63, 3.8) is 0 Å². The van der Waals surface area contributed by atoms with Crippen molar-refractivity contribution < 1.29 is 14.6 Å². The van der Waals surface area contributed by atoms with Gasteiger partial charge in [0.05, 0.1) is 12.7 Å². The van der Waals surface area contributed by atoms with E-state index in [9.17, 15) is 9.90 Å². The Morgan fingerprint density at radius 3 is 2.76 bits per heavy atom. The summed E-state index contributed by atoms with van der Waals surface area (Å²) in [7, 11) is 1.57. The van der Waals surface area contributed by atoms with Gasteiger partial charge >= 0.3 is 0 Å². The molecule has 0 bridgehead atoms. The molecule has 1 N–H and O–H groups in total. The first kappa shape index (κ1) is 12.4. The van der Waals surface area contributed by atoms with E-state index in [4.69, 9.17) is 4.74 Å². The predicted molar refractivity (Wildman–Crippen MR) is 66.6 cm³/mol. The molecule has 4 nitrogen and oxygen atoms in total. The molecule has 0 atom stereocenters. The van der Waals surface area contributed by atoms with Gasteiger partial charge in [0.15, 0.2) is 0 Å². The lowest BCUT2D eigenvalue weighted by molar-refractivity contribution is -0.00193. The molecule has 0 aliphatic carbocycles. The van der Waals surface area contributed by atoms with Gasteiger partial charge in [-0.3, -0.25) is 4.79 Å². The van der Waals surface area contributed by atoms with Crippen LogP contribution in [-0.4, -0.2) is 41.7 Å². The number of rotatable bonds is 2. The number of aliphatic hydroxyl groups is 1. The minimum atomic E-state index is -0.629. The Balaban J connectivity index is 2.07. The number of thiophene rings is 1. The average molecular weight is 255 g/mol. The van der Waals surface area contributed by atoms with Crippen LogP contribution in [-0.2, 0) is 0 Å². The third-order valence-electron chi connectivity index (χ3n) is 3.17. The van der Waals surface area contributed by atoms with E-state index in [0.717, 1.165) is 0 Å². The molecular formula is C12H17NO3S. The summed E-state index contributed by atoms with van der Waals surface area (Å²) >= 11 is 1.40. The van der Waals surface area contributed by atoms with Gasteiger partial charge in [-0.1, -0.05) is 0 Å². The summed E-state index contributed by atoms with van der Waals surface area (Å²) in [6.07, 6.45) is 1.26. The first-order chi connectivity index (χ1) is 8.03. The SMILES string of the molecule is COc1ccsc1C(=O)N1CCC(C)(O)CC1. The maximum absolute atomic E-state index is 12.2. The number of carbonyl (C=O) groups excluding carboxylic acids is 1. The lowest BCUT2D eigenvalue weighted by Gasteiger charge is -2.35. The monoisotopic (exact) mass is 255 g/mol. The van der Waals surface area contributed by atoms with Crippen LogP contribution in [0.15, 0.2) is 11.4 Å². The highest BCUT2D eigenvalue weighted by atomic mass is 32.1. The Kier molecular flexibility index (Phi) is 3.40. The second-order valence-electron chi connectivity index (χ2n) is 4.61. The largest absolute Gasteiger partial charge is 0.495 e. The molecule has 1 aliphatic rings. The molecule has 2 heterocycles. The van der Waals surface area contributed by atoms with E-state index in [-0.39, 0.29) is 5.91 Å². The molecule has 2 rings (SSSR count). The van der Waals surface area contributed by atoms with E-state index >= 15 is 0 Å². The topological polar surface area (TPSA) is 49.8 Å². The average Bonchev–Trinajstić information content (AvgIpc) is 2.76. The van der Waals surface area contributed by atoms with Crippen molar-refractivity contribution in [1.82, 2.24) is 4.90 Å². The molecule has 1 aromatic rings. The minimum absolute atomic E-state index is 0.00681. The van der Waals surface area contributed by atoms with Crippen molar-refractivity contribution in [1.29, 1.82) is 0 Å². The van der Waals surface area contributed by atoms with Crippen LogP contribution in [0, 0.1) is 0 Å². The van der Waals surface area contributed by atoms with E-state index in [1.165, 1.54) is 11.3 Å². The molecule has 1 amide bonds. The fourth-order valence-corrected chi connectivity index (χ4v) is 2.77. The summed E-state index contributed by atoms with van der Waals surface area (Å²) in [6, 6.07) is 1.80. The maximum atomic E-state index is 12.2. The molecule has 0 radical (unpaired) electrons. The van der Waals surface area contributed by atoms with Gasteiger partial charge in [0.1, 0.15) is 10.6 Å². The van der Waals surface area contributed by atoms with Crippen LogP contribution in [0.2, 0.25) is 0 Å². The first-order valence-electron chi connectivity index (χ1n) is 5.67. The summed E-state index contributed by atoms with van der Waals surface area (Å²) in [6.45, 7) is 3.03. The molecule has 5 heteroatoms.